The SMILES string of the molecule is Cc1ccc(F)cc1S(=O)(=O)N1CCC2(CCNCC2)C1. The van der Waals surface area contributed by atoms with E-state index in [0.29, 0.717) is 18.7 Å². The lowest BCUT2D eigenvalue weighted by Gasteiger charge is -2.33. The Morgan fingerprint density at radius 2 is 1.95 bits per heavy atom. The number of nitrogens with one attached hydrogen (secondary N) is 1. The molecule has 2 fully saturated rings. The number of hydrogen-bond acceptors (Lipinski definition) is 3. The average molecular weight is 312 g/mol. The van der Waals surface area contributed by atoms with Crippen LogP contribution in [-0.4, -0.2) is 38.9 Å². The lowest BCUT2D eigenvalue weighted by atomic mass is 9.78. The molecule has 4 nitrogen and oxygen atoms in total. The van der Waals surface area contributed by atoms with Gasteiger partial charge in [-0.3, -0.25) is 0 Å². The van der Waals surface area contributed by atoms with E-state index >= 15 is 0 Å². The van der Waals surface area contributed by atoms with Crippen molar-refractivity contribution < 1.29 is 12.8 Å². The third kappa shape index (κ3) is 2.72. The molecule has 1 aromatic rings. The topological polar surface area (TPSA) is 49.4 Å². The van der Waals surface area contributed by atoms with E-state index in [4.69, 9.17) is 0 Å². The molecule has 1 spiro atoms. The van der Waals surface area contributed by atoms with Gasteiger partial charge in [0.05, 0.1) is 4.90 Å². The minimum atomic E-state index is -3.59. The molecule has 2 heterocycles. The number of nitrogens with zero attached hydrogens (tertiary/aromatic N) is 1. The van der Waals surface area contributed by atoms with Gasteiger partial charge in [0, 0.05) is 13.1 Å². The highest BCUT2D eigenvalue weighted by Gasteiger charge is 2.43. The minimum Gasteiger partial charge on any atom is -0.317 e. The van der Waals surface area contributed by atoms with Gasteiger partial charge >= 0.3 is 0 Å². The zero-order chi connectivity index (χ0) is 15.1. The van der Waals surface area contributed by atoms with Crippen LogP contribution in [0.15, 0.2) is 23.1 Å². The Hall–Kier alpha value is -0.980. The minimum absolute atomic E-state index is 0.105. The van der Waals surface area contributed by atoms with E-state index in [9.17, 15) is 12.8 Å². The number of sulfonamides is 1. The molecule has 2 aliphatic heterocycles. The monoisotopic (exact) mass is 312 g/mol. The molecule has 21 heavy (non-hydrogen) atoms. The van der Waals surface area contributed by atoms with Crippen molar-refractivity contribution in [1.82, 2.24) is 9.62 Å². The highest BCUT2D eigenvalue weighted by molar-refractivity contribution is 7.89. The second-order valence-corrected chi connectivity index (χ2v) is 8.15. The van der Waals surface area contributed by atoms with Crippen molar-refractivity contribution in [2.24, 2.45) is 5.41 Å². The van der Waals surface area contributed by atoms with E-state index in [-0.39, 0.29) is 10.3 Å². The molecule has 0 amide bonds. The summed E-state index contributed by atoms with van der Waals surface area (Å²) in [5.41, 5.74) is 0.710. The smallest absolute Gasteiger partial charge is 0.243 e. The summed E-state index contributed by atoms with van der Waals surface area (Å²) in [6.45, 7) is 4.72. The summed E-state index contributed by atoms with van der Waals surface area (Å²) in [5.74, 6) is -0.505. The molecule has 0 bridgehead atoms. The average Bonchev–Trinajstić information content (AvgIpc) is 2.87. The largest absolute Gasteiger partial charge is 0.317 e. The van der Waals surface area contributed by atoms with Crippen LogP contribution in [0.2, 0.25) is 0 Å². The lowest BCUT2D eigenvalue weighted by molar-refractivity contribution is 0.218. The van der Waals surface area contributed by atoms with Crippen LogP contribution in [0, 0.1) is 18.2 Å². The third-order valence-electron chi connectivity index (χ3n) is 4.84. The molecule has 2 saturated heterocycles. The maximum absolute atomic E-state index is 13.4. The molecule has 2 aliphatic rings. The standard InChI is InChI=1S/C15H21FN2O2S/c1-12-2-3-13(16)10-14(12)21(19,20)18-9-6-15(11-18)4-7-17-8-5-15/h2-3,10,17H,4-9,11H2,1H3. The Morgan fingerprint density at radius 3 is 2.67 bits per heavy atom. The second kappa shape index (κ2) is 5.34. The number of benzene rings is 1. The molecule has 0 unspecified atom stereocenters. The zero-order valence-corrected chi connectivity index (χ0v) is 13.0. The van der Waals surface area contributed by atoms with Crippen molar-refractivity contribution in [3.05, 3.63) is 29.6 Å². The molecule has 0 aliphatic carbocycles. The van der Waals surface area contributed by atoms with Crippen molar-refractivity contribution >= 4 is 10.0 Å². The number of hydrogen-bond donors (Lipinski definition) is 1. The molecule has 0 aromatic heterocycles. The Balaban J connectivity index is 1.88. The maximum Gasteiger partial charge on any atom is 0.243 e. The van der Waals surface area contributed by atoms with E-state index in [2.05, 4.69) is 5.32 Å². The first-order chi connectivity index (χ1) is 9.93. The molecule has 6 heteroatoms. The molecule has 0 radical (unpaired) electrons. The summed E-state index contributed by atoms with van der Waals surface area (Å²) in [4.78, 5) is 0.105. The van der Waals surface area contributed by atoms with Crippen LogP contribution >= 0.6 is 0 Å². The first-order valence-corrected chi connectivity index (χ1v) is 8.84. The Labute approximate surface area is 125 Å². The van der Waals surface area contributed by atoms with Crippen LogP contribution in [0.3, 0.4) is 0 Å². The molecule has 116 valence electrons. The van der Waals surface area contributed by atoms with Crippen molar-refractivity contribution in [3.63, 3.8) is 0 Å². The van der Waals surface area contributed by atoms with Crippen LogP contribution < -0.4 is 5.32 Å². The number of rotatable bonds is 2. The molecular weight excluding hydrogens is 291 g/mol. The quantitative estimate of drug-likeness (QED) is 0.907. The van der Waals surface area contributed by atoms with Gasteiger partial charge in [0.25, 0.3) is 0 Å². The molecule has 0 saturated carbocycles. The fourth-order valence-electron chi connectivity index (χ4n) is 3.46. The van der Waals surface area contributed by atoms with Crippen LogP contribution in [-0.2, 0) is 10.0 Å². The van der Waals surface area contributed by atoms with E-state index in [1.807, 2.05) is 0 Å². The van der Waals surface area contributed by atoms with Gasteiger partial charge in [-0.25, -0.2) is 12.8 Å². The molecular formula is C15H21FN2O2S. The van der Waals surface area contributed by atoms with Gasteiger partial charge in [0.15, 0.2) is 0 Å². The van der Waals surface area contributed by atoms with E-state index < -0.39 is 15.8 Å². The second-order valence-electron chi connectivity index (χ2n) is 6.25. The van der Waals surface area contributed by atoms with Gasteiger partial charge in [-0.2, -0.15) is 4.31 Å². The zero-order valence-electron chi connectivity index (χ0n) is 12.2. The summed E-state index contributed by atoms with van der Waals surface area (Å²) in [5, 5.41) is 3.32. The van der Waals surface area contributed by atoms with Crippen LogP contribution in [0.1, 0.15) is 24.8 Å². The number of aryl methyl sites for hydroxylation is 1. The molecule has 3 rings (SSSR count). The Morgan fingerprint density at radius 1 is 1.24 bits per heavy atom. The highest BCUT2D eigenvalue weighted by Crippen LogP contribution is 2.40. The predicted octanol–water partition coefficient (Wildman–Crippen LogP) is 1.90. The van der Waals surface area contributed by atoms with Crippen molar-refractivity contribution in [3.8, 4) is 0 Å². The first kappa shape index (κ1) is 14.9. The fourth-order valence-corrected chi connectivity index (χ4v) is 5.25. The fraction of sp³-hybridized carbons (Fsp3) is 0.600. The van der Waals surface area contributed by atoms with Crippen LogP contribution in [0.25, 0.3) is 0 Å². The van der Waals surface area contributed by atoms with E-state index in [1.54, 1.807) is 11.2 Å². The van der Waals surface area contributed by atoms with Gasteiger partial charge in [0.1, 0.15) is 5.82 Å². The number of piperidine rings is 1. The van der Waals surface area contributed by atoms with E-state index in [1.165, 1.54) is 12.1 Å². The number of halogens is 1. The van der Waals surface area contributed by atoms with E-state index in [0.717, 1.165) is 38.4 Å². The molecule has 0 atom stereocenters. The lowest BCUT2D eigenvalue weighted by Crippen LogP contribution is -2.39. The van der Waals surface area contributed by atoms with Gasteiger partial charge in [-0.1, -0.05) is 6.07 Å². The predicted molar refractivity (Wildman–Crippen MR) is 79.0 cm³/mol. The summed E-state index contributed by atoms with van der Waals surface area (Å²) in [7, 11) is -3.59. The summed E-state index contributed by atoms with van der Waals surface area (Å²) in [6.07, 6.45) is 2.94. The van der Waals surface area contributed by atoms with Gasteiger partial charge in [-0.15, -0.1) is 0 Å². The van der Waals surface area contributed by atoms with Gasteiger partial charge in [0.2, 0.25) is 10.0 Å². The highest BCUT2D eigenvalue weighted by atomic mass is 32.2. The Kier molecular flexibility index (Phi) is 3.80. The summed E-state index contributed by atoms with van der Waals surface area (Å²) < 4.78 is 40.5. The summed E-state index contributed by atoms with van der Waals surface area (Å²) in [6, 6.07) is 3.96. The van der Waals surface area contributed by atoms with Crippen molar-refractivity contribution in [2.45, 2.75) is 31.1 Å². The summed E-state index contributed by atoms with van der Waals surface area (Å²) >= 11 is 0. The molecule has 1 aromatic carbocycles. The van der Waals surface area contributed by atoms with Crippen LogP contribution in [0.4, 0.5) is 4.39 Å². The van der Waals surface area contributed by atoms with Crippen LogP contribution in [0.5, 0.6) is 0 Å². The Bertz CT molecular complexity index is 639. The maximum atomic E-state index is 13.4. The van der Waals surface area contributed by atoms with Crippen molar-refractivity contribution in [1.29, 1.82) is 0 Å². The first-order valence-electron chi connectivity index (χ1n) is 7.40. The third-order valence-corrected chi connectivity index (χ3v) is 6.82. The van der Waals surface area contributed by atoms with Gasteiger partial charge < -0.3 is 5.32 Å². The molecule has 1 N–H and O–H groups in total. The normalized spacial score (nSPS) is 22.8. The van der Waals surface area contributed by atoms with Gasteiger partial charge in [-0.05, 0) is 62.4 Å². The van der Waals surface area contributed by atoms with Crippen molar-refractivity contribution in [2.75, 3.05) is 26.2 Å².